The van der Waals surface area contributed by atoms with Crippen molar-refractivity contribution in [2.24, 2.45) is 11.8 Å². The van der Waals surface area contributed by atoms with Crippen molar-refractivity contribution in [1.29, 1.82) is 0 Å². The summed E-state index contributed by atoms with van der Waals surface area (Å²) < 4.78 is 18.9. The second-order valence-electron chi connectivity index (χ2n) is 8.91. The Labute approximate surface area is 178 Å². The number of piperidine rings is 1. The third kappa shape index (κ3) is 4.22. The Kier molecular flexibility index (Phi) is 6.09. The zero-order valence-corrected chi connectivity index (χ0v) is 18.1. The summed E-state index contributed by atoms with van der Waals surface area (Å²) in [5, 5.41) is 0. The smallest absolute Gasteiger partial charge is 0.225 e. The number of benzene rings is 2. The van der Waals surface area contributed by atoms with Gasteiger partial charge in [0.1, 0.15) is 11.6 Å². The molecule has 2 aliphatic rings. The number of ether oxygens (including phenoxy) is 1. The Bertz CT molecular complexity index is 883. The fraction of sp³-hybridized carbons (Fsp3) is 0.480. The van der Waals surface area contributed by atoms with Crippen molar-refractivity contribution in [3.8, 4) is 5.75 Å². The lowest BCUT2D eigenvalue weighted by atomic mass is 9.81. The first-order valence-corrected chi connectivity index (χ1v) is 10.9. The van der Waals surface area contributed by atoms with E-state index in [1.807, 2.05) is 38.1 Å². The summed E-state index contributed by atoms with van der Waals surface area (Å²) in [6.45, 7) is 7.45. The van der Waals surface area contributed by atoms with Crippen molar-refractivity contribution < 1.29 is 13.9 Å². The van der Waals surface area contributed by atoms with Crippen LogP contribution in [0.3, 0.4) is 0 Å². The summed E-state index contributed by atoms with van der Waals surface area (Å²) in [6.07, 6.45) is 0.977. The standard InChI is InChI=1S/C25H31FN2O2/c1-17(2)25(29)28-16-22(19-7-9-20(26)10-8-19)23-15-27(12-11-24(23)28)14-18-5-4-6-21(13-18)30-3/h4-10,13,17,22-24H,11-12,14-16H2,1-3H3/t22-,23-,24-/m1/s1. The average molecular weight is 411 g/mol. The quantitative estimate of drug-likeness (QED) is 0.737. The molecule has 4 nitrogen and oxygen atoms in total. The SMILES string of the molecule is COc1cccc(CN2CC[C@@H]3[C@H](C2)[C@@H](c2ccc(F)cc2)CN3C(=O)C(C)C)c1. The molecule has 2 heterocycles. The van der Waals surface area contributed by atoms with Crippen LogP contribution in [0.4, 0.5) is 4.39 Å². The third-order valence-corrected chi connectivity index (χ3v) is 6.63. The molecule has 0 saturated carbocycles. The van der Waals surface area contributed by atoms with Gasteiger partial charge in [-0.2, -0.15) is 0 Å². The molecule has 2 saturated heterocycles. The van der Waals surface area contributed by atoms with Crippen molar-refractivity contribution in [2.75, 3.05) is 26.7 Å². The Morgan fingerprint density at radius 3 is 2.63 bits per heavy atom. The van der Waals surface area contributed by atoms with Gasteiger partial charge in [0.25, 0.3) is 0 Å². The van der Waals surface area contributed by atoms with Crippen LogP contribution in [-0.4, -0.2) is 48.5 Å². The van der Waals surface area contributed by atoms with Gasteiger partial charge in [-0.05, 0) is 41.8 Å². The fourth-order valence-electron chi connectivity index (χ4n) is 5.13. The number of hydrogen-bond donors (Lipinski definition) is 0. The highest BCUT2D eigenvalue weighted by Gasteiger charge is 2.47. The van der Waals surface area contributed by atoms with E-state index in [9.17, 15) is 9.18 Å². The fourth-order valence-corrected chi connectivity index (χ4v) is 5.13. The Morgan fingerprint density at radius 1 is 1.17 bits per heavy atom. The number of fused-ring (bicyclic) bond motifs is 1. The minimum Gasteiger partial charge on any atom is -0.497 e. The van der Waals surface area contributed by atoms with E-state index in [4.69, 9.17) is 4.74 Å². The topological polar surface area (TPSA) is 32.8 Å². The van der Waals surface area contributed by atoms with Crippen LogP contribution in [0.25, 0.3) is 0 Å². The van der Waals surface area contributed by atoms with E-state index in [-0.39, 0.29) is 29.6 Å². The number of amides is 1. The molecule has 2 fully saturated rings. The van der Waals surface area contributed by atoms with Gasteiger partial charge in [0.05, 0.1) is 7.11 Å². The van der Waals surface area contributed by atoms with Gasteiger partial charge in [-0.3, -0.25) is 9.69 Å². The Balaban J connectivity index is 1.56. The molecular formula is C25H31FN2O2. The maximum Gasteiger partial charge on any atom is 0.225 e. The minimum absolute atomic E-state index is 0.00701. The van der Waals surface area contributed by atoms with Crippen molar-refractivity contribution in [1.82, 2.24) is 9.80 Å². The van der Waals surface area contributed by atoms with E-state index in [1.165, 1.54) is 17.7 Å². The zero-order valence-electron chi connectivity index (χ0n) is 18.1. The van der Waals surface area contributed by atoms with Gasteiger partial charge in [-0.25, -0.2) is 4.39 Å². The molecule has 160 valence electrons. The average Bonchev–Trinajstić information content (AvgIpc) is 3.12. The Morgan fingerprint density at radius 2 is 1.93 bits per heavy atom. The van der Waals surface area contributed by atoms with Gasteiger partial charge in [-0.15, -0.1) is 0 Å². The molecule has 1 amide bonds. The largest absolute Gasteiger partial charge is 0.497 e. The molecule has 2 aromatic carbocycles. The van der Waals surface area contributed by atoms with Crippen molar-refractivity contribution in [2.45, 2.75) is 38.8 Å². The molecule has 0 unspecified atom stereocenters. The number of rotatable bonds is 5. The molecule has 4 rings (SSSR count). The van der Waals surface area contributed by atoms with E-state index in [0.717, 1.165) is 43.9 Å². The van der Waals surface area contributed by atoms with E-state index < -0.39 is 0 Å². The predicted octanol–water partition coefficient (Wildman–Crippen LogP) is 4.31. The third-order valence-electron chi connectivity index (χ3n) is 6.63. The van der Waals surface area contributed by atoms with Gasteiger partial charge in [0.2, 0.25) is 5.91 Å². The van der Waals surface area contributed by atoms with Crippen LogP contribution in [0.5, 0.6) is 5.75 Å². The maximum atomic E-state index is 13.5. The van der Waals surface area contributed by atoms with Gasteiger partial charge in [0.15, 0.2) is 0 Å². The van der Waals surface area contributed by atoms with Crippen molar-refractivity contribution in [3.05, 3.63) is 65.5 Å². The lowest BCUT2D eigenvalue weighted by Gasteiger charge is -2.39. The molecule has 2 aromatic rings. The normalized spacial score (nSPS) is 24.2. The van der Waals surface area contributed by atoms with Gasteiger partial charge in [0, 0.05) is 50.0 Å². The second kappa shape index (κ2) is 8.76. The van der Waals surface area contributed by atoms with Crippen molar-refractivity contribution in [3.63, 3.8) is 0 Å². The van der Waals surface area contributed by atoms with Crippen LogP contribution >= 0.6 is 0 Å². The lowest BCUT2D eigenvalue weighted by Crippen LogP contribution is -2.48. The van der Waals surface area contributed by atoms with Gasteiger partial charge in [-0.1, -0.05) is 38.1 Å². The summed E-state index contributed by atoms with van der Waals surface area (Å²) in [6, 6.07) is 15.3. The first-order valence-electron chi connectivity index (χ1n) is 10.9. The summed E-state index contributed by atoms with van der Waals surface area (Å²) in [5.74, 6) is 1.49. The van der Waals surface area contributed by atoms with E-state index >= 15 is 0 Å². The molecule has 0 bridgehead atoms. The molecule has 0 radical (unpaired) electrons. The highest BCUT2D eigenvalue weighted by atomic mass is 19.1. The molecular weight excluding hydrogens is 379 g/mol. The molecule has 0 aliphatic carbocycles. The maximum absolute atomic E-state index is 13.5. The van der Waals surface area contributed by atoms with E-state index in [0.29, 0.717) is 5.92 Å². The molecule has 2 aliphatic heterocycles. The first kappa shape index (κ1) is 20.9. The van der Waals surface area contributed by atoms with Gasteiger partial charge >= 0.3 is 0 Å². The highest BCUT2D eigenvalue weighted by Crippen LogP contribution is 2.42. The zero-order chi connectivity index (χ0) is 21.3. The predicted molar refractivity (Wildman–Crippen MR) is 116 cm³/mol. The second-order valence-corrected chi connectivity index (χ2v) is 8.91. The molecule has 0 aromatic heterocycles. The molecule has 0 spiro atoms. The number of likely N-dealkylation sites (tertiary alicyclic amines) is 2. The minimum atomic E-state index is -0.216. The van der Waals surface area contributed by atoms with E-state index in [1.54, 1.807) is 7.11 Å². The summed E-state index contributed by atoms with van der Waals surface area (Å²) >= 11 is 0. The number of carbonyl (C=O) groups excluding carboxylic acids is 1. The van der Waals surface area contributed by atoms with Crippen LogP contribution < -0.4 is 4.74 Å². The number of methoxy groups -OCH3 is 1. The van der Waals surface area contributed by atoms with Gasteiger partial charge < -0.3 is 9.64 Å². The monoisotopic (exact) mass is 410 g/mol. The lowest BCUT2D eigenvalue weighted by molar-refractivity contribution is -0.136. The van der Waals surface area contributed by atoms with Crippen LogP contribution in [0.2, 0.25) is 0 Å². The summed E-state index contributed by atoms with van der Waals surface area (Å²) in [7, 11) is 1.69. The van der Waals surface area contributed by atoms with Crippen LogP contribution in [0.15, 0.2) is 48.5 Å². The number of halogens is 1. The molecule has 3 atom stereocenters. The van der Waals surface area contributed by atoms with Crippen molar-refractivity contribution >= 4 is 5.91 Å². The summed E-state index contributed by atoms with van der Waals surface area (Å²) in [5.41, 5.74) is 2.37. The van der Waals surface area contributed by atoms with Crippen LogP contribution in [-0.2, 0) is 11.3 Å². The molecule has 5 heteroatoms. The van der Waals surface area contributed by atoms with Crippen LogP contribution in [0.1, 0.15) is 37.3 Å². The molecule has 30 heavy (non-hydrogen) atoms. The molecule has 0 N–H and O–H groups in total. The number of hydrogen-bond acceptors (Lipinski definition) is 3. The Hall–Kier alpha value is -2.40. The highest BCUT2D eigenvalue weighted by molar-refractivity contribution is 5.79. The number of carbonyl (C=O) groups is 1. The van der Waals surface area contributed by atoms with Crippen LogP contribution in [0, 0.1) is 17.7 Å². The van der Waals surface area contributed by atoms with E-state index in [2.05, 4.69) is 21.9 Å². The summed E-state index contributed by atoms with van der Waals surface area (Å²) in [4.78, 5) is 17.5. The first-order chi connectivity index (χ1) is 14.5. The number of nitrogens with zero attached hydrogens (tertiary/aromatic N) is 2.